The number of carbonyl (C=O) groups is 1. The molecule has 0 bridgehead atoms. The van der Waals surface area contributed by atoms with Crippen LogP contribution in [0.1, 0.15) is 23.6 Å². The van der Waals surface area contributed by atoms with E-state index in [0.29, 0.717) is 6.54 Å². The van der Waals surface area contributed by atoms with Gasteiger partial charge in [0.25, 0.3) is 5.91 Å². The molecule has 0 radical (unpaired) electrons. The van der Waals surface area contributed by atoms with E-state index in [-0.39, 0.29) is 5.91 Å². The summed E-state index contributed by atoms with van der Waals surface area (Å²) >= 11 is 7.73. The second-order valence-electron chi connectivity index (χ2n) is 5.93. The summed E-state index contributed by atoms with van der Waals surface area (Å²) in [5, 5.41) is 3.68. The molecule has 0 aliphatic rings. The quantitative estimate of drug-likeness (QED) is 0.673. The van der Waals surface area contributed by atoms with Crippen molar-refractivity contribution >= 4 is 29.3 Å². The predicted octanol–water partition coefficient (Wildman–Crippen LogP) is 4.77. The number of benzene rings is 2. The van der Waals surface area contributed by atoms with Crippen molar-refractivity contribution in [2.24, 2.45) is 0 Å². The maximum Gasteiger partial charge on any atom is 0.260 e. The van der Waals surface area contributed by atoms with Gasteiger partial charge in [-0.05, 0) is 55.7 Å². The Morgan fingerprint density at radius 3 is 2.76 bits per heavy atom. The first-order valence-electron chi connectivity index (χ1n) is 8.30. The van der Waals surface area contributed by atoms with Crippen LogP contribution in [0.15, 0.2) is 42.5 Å². The average molecular weight is 378 g/mol. The highest BCUT2D eigenvalue weighted by atomic mass is 35.5. The molecule has 3 nitrogen and oxygen atoms in total. The summed E-state index contributed by atoms with van der Waals surface area (Å²) < 4.78 is 5.79. The Bertz CT molecular complexity index is 721. The Hall–Kier alpha value is -1.65. The zero-order valence-corrected chi connectivity index (χ0v) is 16.4. The van der Waals surface area contributed by atoms with Gasteiger partial charge in [0, 0.05) is 23.1 Å². The van der Waals surface area contributed by atoms with E-state index in [2.05, 4.69) is 11.4 Å². The Morgan fingerprint density at radius 1 is 1.24 bits per heavy atom. The lowest BCUT2D eigenvalue weighted by Gasteiger charge is -2.17. The molecule has 0 aromatic heterocycles. The van der Waals surface area contributed by atoms with Gasteiger partial charge in [-0.2, -0.15) is 11.8 Å². The van der Waals surface area contributed by atoms with Crippen LogP contribution in [-0.4, -0.2) is 24.3 Å². The first-order chi connectivity index (χ1) is 12.0. The van der Waals surface area contributed by atoms with Crippen LogP contribution in [0.25, 0.3) is 0 Å². The molecular formula is C20H24ClNO2S. The third-order valence-corrected chi connectivity index (χ3v) is 5.20. The van der Waals surface area contributed by atoms with E-state index >= 15 is 0 Å². The van der Waals surface area contributed by atoms with Gasteiger partial charge >= 0.3 is 0 Å². The number of hydrogen-bond acceptors (Lipinski definition) is 3. The summed E-state index contributed by atoms with van der Waals surface area (Å²) in [6.45, 7) is 6.42. The molecule has 0 heterocycles. The monoisotopic (exact) mass is 377 g/mol. The fourth-order valence-electron chi connectivity index (χ4n) is 2.30. The number of aryl methyl sites for hydroxylation is 1. The van der Waals surface area contributed by atoms with Gasteiger partial charge in [0.15, 0.2) is 6.10 Å². The van der Waals surface area contributed by atoms with Crippen molar-refractivity contribution in [1.29, 1.82) is 0 Å². The Balaban J connectivity index is 1.70. The molecule has 0 fully saturated rings. The summed E-state index contributed by atoms with van der Waals surface area (Å²) in [5.74, 6) is 2.39. The largest absolute Gasteiger partial charge is 0.481 e. The normalized spacial score (nSPS) is 11.8. The maximum atomic E-state index is 12.2. The molecule has 1 N–H and O–H groups in total. The van der Waals surface area contributed by atoms with E-state index in [0.717, 1.165) is 33.4 Å². The third kappa shape index (κ3) is 6.29. The van der Waals surface area contributed by atoms with E-state index in [1.807, 2.05) is 50.2 Å². The van der Waals surface area contributed by atoms with Crippen molar-refractivity contribution in [2.75, 3.05) is 12.3 Å². The van der Waals surface area contributed by atoms with Crippen molar-refractivity contribution < 1.29 is 9.53 Å². The number of amides is 1. The molecule has 5 heteroatoms. The number of hydrogen-bond donors (Lipinski definition) is 1. The zero-order chi connectivity index (χ0) is 18.2. The van der Waals surface area contributed by atoms with Crippen LogP contribution < -0.4 is 10.1 Å². The van der Waals surface area contributed by atoms with E-state index in [1.165, 1.54) is 5.56 Å². The van der Waals surface area contributed by atoms with Crippen molar-refractivity contribution in [2.45, 2.75) is 32.6 Å². The second-order valence-corrected chi connectivity index (χ2v) is 7.47. The number of halogens is 1. The van der Waals surface area contributed by atoms with Gasteiger partial charge in [-0.3, -0.25) is 4.79 Å². The summed E-state index contributed by atoms with van der Waals surface area (Å²) in [6, 6.07) is 13.7. The fraction of sp³-hybridized carbons (Fsp3) is 0.350. The molecule has 1 unspecified atom stereocenters. The molecule has 0 aliphatic carbocycles. The van der Waals surface area contributed by atoms with Crippen LogP contribution in [0.5, 0.6) is 5.75 Å². The molecule has 0 saturated carbocycles. The minimum atomic E-state index is -0.515. The molecule has 2 aromatic carbocycles. The smallest absolute Gasteiger partial charge is 0.260 e. The highest BCUT2D eigenvalue weighted by Crippen LogP contribution is 2.21. The zero-order valence-electron chi connectivity index (χ0n) is 14.8. The third-order valence-electron chi connectivity index (χ3n) is 3.93. The highest BCUT2D eigenvalue weighted by Gasteiger charge is 2.15. The number of nitrogens with one attached hydrogen (secondary N) is 1. The second kappa shape index (κ2) is 9.73. The molecule has 1 atom stereocenters. The standard InChI is InChI=1S/C20H24ClNO2S/c1-14-6-4-9-19(15(14)2)24-16(3)20(23)22-10-11-25-13-17-7-5-8-18(21)12-17/h4-9,12,16H,10-11,13H2,1-3H3,(H,22,23). The lowest BCUT2D eigenvalue weighted by molar-refractivity contribution is -0.127. The summed E-state index contributed by atoms with van der Waals surface area (Å²) in [7, 11) is 0. The minimum Gasteiger partial charge on any atom is -0.481 e. The lowest BCUT2D eigenvalue weighted by Crippen LogP contribution is -2.37. The van der Waals surface area contributed by atoms with Gasteiger partial charge in [-0.25, -0.2) is 0 Å². The Morgan fingerprint density at radius 2 is 2.00 bits per heavy atom. The van der Waals surface area contributed by atoms with Gasteiger partial charge < -0.3 is 10.1 Å². The molecule has 2 rings (SSSR count). The molecule has 0 aliphatic heterocycles. The molecule has 0 saturated heterocycles. The van der Waals surface area contributed by atoms with Crippen LogP contribution in [0.2, 0.25) is 5.02 Å². The molecule has 25 heavy (non-hydrogen) atoms. The van der Waals surface area contributed by atoms with Gasteiger partial charge in [0.1, 0.15) is 5.75 Å². The van der Waals surface area contributed by atoms with E-state index in [4.69, 9.17) is 16.3 Å². The van der Waals surface area contributed by atoms with Crippen LogP contribution in [0, 0.1) is 13.8 Å². The lowest BCUT2D eigenvalue weighted by atomic mass is 10.1. The van der Waals surface area contributed by atoms with Crippen molar-refractivity contribution in [1.82, 2.24) is 5.32 Å². The first kappa shape index (κ1) is 19.7. The van der Waals surface area contributed by atoms with Crippen molar-refractivity contribution in [3.05, 3.63) is 64.2 Å². The SMILES string of the molecule is Cc1cccc(OC(C)C(=O)NCCSCc2cccc(Cl)c2)c1C. The predicted molar refractivity (Wildman–Crippen MR) is 107 cm³/mol. The average Bonchev–Trinajstić information content (AvgIpc) is 2.58. The van der Waals surface area contributed by atoms with E-state index in [1.54, 1.807) is 18.7 Å². The van der Waals surface area contributed by atoms with Crippen LogP contribution >= 0.6 is 23.4 Å². The number of ether oxygens (including phenoxy) is 1. The first-order valence-corrected chi connectivity index (χ1v) is 9.83. The van der Waals surface area contributed by atoms with Gasteiger partial charge in [-0.15, -0.1) is 0 Å². The van der Waals surface area contributed by atoms with Gasteiger partial charge in [-0.1, -0.05) is 35.9 Å². The maximum absolute atomic E-state index is 12.2. The number of rotatable bonds is 8. The van der Waals surface area contributed by atoms with E-state index < -0.39 is 6.10 Å². The highest BCUT2D eigenvalue weighted by molar-refractivity contribution is 7.98. The number of thioether (sulfide) groups is 1. The molecule has 0 spiro atoms. The molecular weight excluding hydrogens is 354 g/mol. The summed E-state index contributed by atoms with van der Waals surface area (Å²) in [5.41, 5.74) is 3.41. The topological polar surface area (TPSA) is 38.3 Å². The van der Waals surface area contributed by atoms with Crippen LogP contribution in [0.3, 0.4) is 0 Å². The summed E-state index contributed by atoms with van der Waals surface area (Å²) in [6.07, 6.45) is -0.515. The Labute approximate surface area is 159 Å². The Kier molecular flexibility index (Phi) is 7.66. The molecule has 2 aromatic rings. The van der Waals surface area contributed by atoms with Crippen LogP contribution in [-0.2, 0) is 10.5 Å². The molecule has 1 amide bonds. The summed E-state index contributed by atoms with van der Waals surface area (Å²) in [4.78, 5) is 12.2. The van der Waals surface area contributed by atoms with Crippen molar-refractivity contribution in [3.8, 4) is 5.75 Å². The van der Waals surface area contributed by atoms with Crippen molar-refractivity contribution in [3.63, 3.8) is 0 Å². The molecule has 134 valence electrons. The fourth-order valence-corrected chi connectivity index (χ4v) is 3.32. The number of carbonyl (C=O) groups excluding carboxylic acids is 1. The van der Waals surface area contributed by atoms with Crippen LogP contribution in [0.4, 0.5) is 0 Å². The minimum absolute atomic E-state index is 0.0933. The van der Waals surface area contributed by atoms with Gasteiger partial charge in [0.05, 0.1) is 0 Å². The van der Waals surface area contributed by atoms with Gasteiger partial charge in [0.2, 0.25) is 0 Å². The van der Waals surface area contributed by atoms with E-state index in [9.17, 15) is 4.79 Å².